The SMILES string of the molecule is NC(=O)C1(C(=O)N(c2ccc(F)cc2)c2ccc(Oc3ccc4nc(NC(=O)C5CC5)cn4c3)cc2)CC1. The third-order valence-electron chi connectivity index (χ3n) is 6.87. The van der Waals surface area contributed by atoms with Crippen LogP contribution in [-0.4, -0.2) is 27.1 Å². The molecule has 6 rings (SSSR count). The van der Waals surface area contributed by atoms with Crippen LogP contribution in [0.4, 0.5) is 21.6 Å². The van der Waals surface area contributed by atoms with Crippen molar-refractivity contribution in [1.82, 2.24) is 9.38 Å². The van der Waals surface area contributed by atoms with Gasteiger partial charge in [0.2, 0.25) is 17.7 Å². The molecule has 0 atom stereocenters. The van der Waals surface area contributed by atoms with E-state index in [9.17, 15) is 18.8 Å². The highest BCUT2D eigenvalue weighted by Gasteiger charge is 2.57. The number of hydrogen-bond donors (Lipinski definition) is 2. The van der Waals surface area contributed by atoms with Crippen LogP contribution in [0.3, 0.4) is 0 Å². The first-order valence-electron chi connectivity index (χ1n) is 12.3. The van der Waals surface area contributed by atoms with Gasteiger partial charge in [-0.1, -0.05) is 0 Å². The number of benzene rings is 2. The number of nitrogens with one attached hydrogen (secondary N) is 1. The number of primary amides is 1. The molecule has 0 unspecified atom stereocenters. The zero-order valence-corrected chi connectivity index (χ0v) is 20.3. The molecule has 2 aliphatic rings. The van der Waals surface area contributed by atoms with Gasteiger partial charge in [-0.25, -0.2) is 9.37 Å². The maximum Gasteiger partial charge on any atom is 0.247 e. The third-order valence-corrected chi connectivity index (χ3v) is 6.87. The molecule has 10 heteroatoms. The van der Waals surface area contributed by atoms with Gasteiger partial charge in [0.25, 0.3) is 0 Å². The van der Waals surface area contributed by atoms with Crippen molar-refractivity contribution in [2.75, 3.05) is 10.2 Å². The molecule has 4 aromatic rings. The lowest BCUT2D eigenvalue weighted by Crippen LogP contribution is -2.41. The highest BCUT2D eigenvalue weighted by Crippen LogP contribution is 2.49. The molecular weight excluding hydrogens is 489 g/mol. The van der Waals surface area contributed by atoms with Crippen LogP contribution in [0.5, 0.6) is 11.5 Å². The lowest BCUT2D eigenvalue weighted by molar-refractivity contribution is -0.133. The Morgan fingerprint density at radius 1 is 0.947 bits per heavy atom. The maximum atomic E-state index is 13.6. The Morgan fingerprint density at radius 3 is 2.18 bits per heavy atom. The summed E-state index contributed by atoms with van der Waals surface area (Å²) < 4.78 is 21.3. The van der Waals surface area contributed by atoms with E-state index >= 15 is 0 Å². The van der Waals surface area contributed by atoms with Crippen LogP contribution < -0.4 is 20.7 Å². The summed E-state index contributed by atoms with van der Waals surface area (Å²) >= 11 is 0. The van der Waals surface area contributed by atoms with Crippen molar-refractivity contribution >= 4 is 40.6 Å². The maximum absolute atomic E-state index is 13.6. The molecule has 2 aliphatic carbocycles. The number of fused-ring (bicyclic) bond motifs is 1. The van der Waals surface area contributed by atoms with Gasteiger partial charge in [0.05, 0.1) is 12.4 Å². The van der Waals surface area contributed by atoms with Crippen LogP contribution in [0.2, 0.25) is 0 Å². The van der Waals surface area contributed by atoms with Crippen molar-refractivity contribution in [3.8, 4) is 11.5 Å². The van der Waals surface area contributed by atoms with Gasteiger partial charge < -0.3 is 20.2 Å². The summed E-state index contributed by atoms with van der Waals surface area (Å²) in [6, 6.07) is 15.8. The summed E-state index contributed by atoms with van der Waals surface area (Å²) in [5.41, 5.74) is 5.87. The first-order valence-corrected chi connectivity index (χ1v) is 12.3. The Hall–Kier alpha value is -4.73. The third kappa shape index (κ3) is 4.45. The van der Waals surface area contributed by atoms with E-state index in [-0.39, 0.29) is 11.8 Å². The van der Waals surface area contributed by atoms with Gasteiger partial charge in [-0.05, 0) is 86.3 Å². The van der Waals surface area contributed by atoms with Gasteiger partial charge in [0.1, 0.15) is 28.4 Å². The van der Waals surface area contributed by atoms with Gasteiger partial charge in [0.15, 0.2) is 5.82 Å². The Labute approximate surface area is 217 Å². The number of anilines is 3. The topological polar surface area (TPSA) is 119 Å². The summed E-state index contributed by atoms with van der Waals surface area (Å²) in [6.45, 7) is 0. The summed E-state index contributed by atoms with van der Waals surface area (Å²) in [7, 11) is 0. The average Bonchev–Trinajstić information content (AvgIpc) is 3.82. The Balaban J connectivity index is 1.23. The largest absolute Gasteiger partial charge is 0.456 e. The van der Waals surface area contributed by atoms with Gasteiger partial charge in [-0.15, -0.1) is 0 Å². The summed E-state index contributed by atoms with van der Waals surface area (Å²) in [6.07, 6.45) is 6.06. The minimum atomic E-state index is -1.25. The second kappa shape index (κ2) is 8.98. The Morgan fingerprint density at radius 2 is 1.58 bits per heavy atom. The minimum absolute atomic E-state index is 0.0124. The quantitative estimate of drug-likeness (QED) is 0.335. The van der Waals surface area contributed by atoms with Gasteiger partial charge in [-0.3, -0.25) is 19.3 Å². The Bertz CT molecular complexity index is 1560. The molecule has 2 saturated carbocycles. The number of nitrogens with two attached hydrogens (primary N) is 1. The fourth-order valence-corrected chi connectivity index (χ4v) is 4.34. The molecule has 2 aromatic carbocycles. The summed E-state index contributed by atoms with van der Waals surface area (Å²) in [5.74, 6) is 0.0627. The van der Waals surface area contributed by atoms with E-state index in [2.05, 4.69) is 10.3 Å². The molecule has 0 radical (unpaired) electrons. The van der Waals surface area contributed by atoms with Crippen molar-refractivity contribution in [2.45, 2.75) is 25.7 Å². The molecule has 2 fully saturated rings. The molecule has 192 valence electrons. The second-order valence-electron chi connectivity index (χ2n) is 9.68. The number of pyridine rings is 1. The van der Waals surface area contributed by atoms with Crippen molar-refractivity contribution in [1.29, 1.82) is 0 Å². The van der Waals surface area contributed by atoms with Gasteiger partial charge in [-0.2, -0.15) is 0 Å². The molecule has 0 aliphatic heterocycles. The van der Waals surface area contributed by atoms with Crippen molar-refractivity contribution in [3.05, 3.63) is 78.9 Å². The lowest BCUT2D eigenvalue weighted by Gasteiger charge is -2.26. The van der Waals surface area contributed by atoms with E-state index < -0.39 is 23.0 Å². The fraction of sp³-hybridized carbons (Fsp3) is 0.214. The van der Waals surface area contributed by atoms with Crippen LogP contribution in [-0.2, 0) is 14.4 Å². The van der Waals surface area contributed by atoms with Crippen LogP contribution in [0.15, 0.2) is 73.1 Å². The predicted molar refractivity (Wildman–Crippen MR) is 137 cm³/mol. The van der Waals surface area contributed by atoms with Gasteiger partial charge >= 0.3 is 0 Å². The normalized spacial score (nSPS) is 15.6. The predicted octanol–water partition coefficient (Wildman–Crippen LogP) is 4.54. The van der Waals surface area contributed by atoms with Crippen molar-refractivity contribution in [2.24, 2.45) is 17.1 Å². The molecule has 38 heavy (non-hydrogen) atoms. The van der Waals surface area contributed by atoms with Crippen molar-refractivity contribution < 1.29 is 23.5 Å². The number of carbonyl (C=O) groups excluding carboxylic acids is 3. The number of hydrogen-bond acceptors (Lipinski definition) is 5. The number of ether oxygens (including phenoxy) is 1. The highest BCUT2D eigenvalue weighted by atomic mass is 19.1. The lowest BCUT2D eigenvalue weighted by atomic mass is 10.0. The zero-order valence-electron chi connectivity index (χ0n) is 20.3. The second-order valence-corrected chi connectivity index (χ2v) is 9.68. The van der Waals surface area contributed by atoms with Crippen molar-refractivity contribution in [3.63, 3.8) is 0 Å². The first kappa shape index (κ1) is 23.7. The summed E-state index contributed by atoms with van der Waals surface area (Å²) in [4.78, 5) is 43.3. The molecule has 2 aromatic heterocycles. The highest BCUT2D eigenvalue weighted by molar-refractivity contribution is 6.16. The number of amides is 3. The molecule has 0 saturated heterocycles. The molecule has 3 N–H and O–H groups in total. The molecular formula is C28H24FN5O4. The van der Waals surface area contributed by atoms with Crippen LogP contribution in [0, 0.1) is 17.2 Å². The molecule has 0 spiro atoms. The van der Waals surface area contributed by atoms with Crippen LogP contribution >= 0.6 is 0 Å². The van der Waals surface area contributed by atoms with E-state index in [0.717, 1.165) is 12.8 Å². The van der Waals surface area contributed by atoms with Crippen LogP contribution in [0.25, 0.3) is 5.65 Å². The van der Waals surface area contributed by atoms with E-state index in [0.29, 0.717) is 47.2 Å². The number of halogens is 1. The number of carbonyl (C=O) groups is 3. The molecule has 0 bridgehead atoms. The molecule has 2 heterocycles. The minimum Gasteiger partial charge on any atom is -0.456 e. The standard InChI is InChI=1S/C28H24FN5O4/c29-18-3-5-19(6-4-18)34(27(37)28(13-14-28)26(30)36)20-7-9-21(10-8-20)38-22-11-12-24-31-23(16-33(24)15-22)32-25(35)17-1-2-17/h3-12,15-17H,1-2,13-14H2,(H2,30,36)(H,32,35). The average molecular weight is 514 g/mol. The number of nitrogens with zero attached hydrogens (tertiary/aromatic N) is 3. The monoisotopic (exact) mass is 513 g/mol. The van der Waals surface area contributed by atoms with E-state index in [4.69, 9.17) is 10.5 Å². The number of aromatic nitrogens is 2. The molecule has 3 amide bonds. The van der Waals surface area contributed by atoms with E-state index in [1.807, 2.05) is 0 Å². The zero-order chi connectivity index (χ0) is 26.4. The van der Waals surface area contributed by atoms with E-state index in [1.54, 1.807) is 53.2 Å². The van der Waals surface area contributed by atoms with E-state index in [1.165, 1.54) is 29.2 Å². The number of rotatable bonds is 8. The fourth-order valence-electron chi connectivity index (χ4n) is 4.34. The Kier molecular flexibility index (Phi) is 5.59. The van der Waals surface area contributed by atoms with Crippen LogP contribution in [0.1, 0.15) is 25.7 Å². The number of imidazole rings is 1. The first-order chi connectivity index (χ1) is 18.3. The smallest absolute Gasteiger partial charge is 0.247 e. The van der Waals surface area contributed by atoms with Gasteiger partial charge in [0, 0.05) is 17.3 Å². The summed E-state index contributed by atoms with van der Waals surface area (Å²) in [5, 5.41) is 2.83. The molecule has 9 nitrogen and oxygen atoms in total.